The summed E-state index contributed by atoms with van der Waals surface area (Å²) in [6, 6.07) is 5.48. The van der Waals surface area contributed by atoms with Crippen LogP contribution in [0.15, 0.2) is 56.9 Å². The van der Waals surface area contributed by atoms with E-state index in [-0.39, 0.29) is 5.56 Å². The number of nitrogens with zero attached hydrogens (tertiary/aromatic N) is 5. The Balaban J connectivity index is 1.35. The van der Waals surface area contributed by atoms with Crippen LogP contribution in [0.5, 0.6) is 0 Å². The molecule has 4 aromatic rings. The Morgan fingerprint density at radius 1 is 1.21 bits per heavy atom. The Labute approximate surface area is 159 Å². The van der Waals surface area contributed by atoms with Gasteiger partial charge in [0.1, 0.15) is 12.2 Å². The predicted octanol–water partition coefficient (Wildman–Crippen LogP) is 2.03. The van der Waals surface area contributed by atoms with Gasteiger partial charge in [-0.1, -0.05) is 5.16 Å². The van der Waals surface area contributed by atoms with Crippen molar-refractivity contribution < 1.29 is 8.94 Å². The van der Waals surface area contributed by atoms with Gasteiger partial charge in [-0.15, -0.1) is 0 Å². The van der Waals surface area contributed by atoms with E-state index in [0.29, 0.717) is 48.0 Å². The van der Waals surface area contributed by atoms with Gasteiger partial charge in [-0.05, 0) is 12.1 Å². The van der Waals surface area contributed by atoms with E-state index < -0.39 is 0 Å². The molecule has 0 atom stereocenters. The molecule has 0 bridgehead atoms. The van der Waals surface area contributed by atoms with Gasteiger partial charge < -0.3 is 13.9 Å². The number of H-pyrrole nitrogens is 1. The number of aromatic nitrogens is 5. The Hall–Kier alpha value is -3.59. The average molecular weight is 376 g/mol. The van der Waals surface area contributed by atoms with Gasteiger partial charge in [-0.25, -0.2) is 15.0 Å². The first-order chi connectivity index (χ1) is 13.8. The Morgan fingerprint density at radius 3 is 2.93 bits per heavy atom. The van der Waals surface area contributed by atoms with E-state index in [1.165, 1.54) is 6.33 Å². The van der Waals surface area contributed by atoms with E-state index in [0.717, 1.165) is 17.9 Å². The maximum Gasteiger partial charge on any atom is 0.255 e. The number of rotatable bonds is 4. The molecule has 28 heavy (non-hydrogen) atoms. The van der Waals surface area contributed by atoms with E-state index in [2.05, 4.69) is 30.0 Å². The van der Waals surface area contributed by atoms with E-state index in [9.17, 15) is 4.79 Å². The minimum atomic E-state index is -0.134. The van der Waals surface area contributed by atoms with Gasteiger partial charge in [0, 0.05) is 44.5 Å². The Kier molecular flexibility index (Phi) is 4.06. The van der Waals surface area contributed by atoms with Crippen LogP contribution in [-0.2, 0) is 19.5 Å². The third-order valence-corrected chi connectivity index (χ3v) is 4.69. The molecule has 0 spiro atoms. The fourth-order valence-corrected chi connectivity index (χ4v) is 3.32. The SMILES string of the molecule is O=c1[nH]c(-c2cncnc2)nc2c1CN(Cc1cc(-c3ccco3)on1)CC2. The summed E-state index contributed by atoms with van der Waals surface area (Å²) in [5, 5.41) is 4.11. The Bertz CT molecular complexity index is 1150. The zero-order valence-corrected chi connectivity index (χ0v) is 14.8. The number of furan rings is 1. The maximum absolute atomic E-state index is 12.6. The van der Waals surface area contributed by atoms with Gasteiger partial charge >= 0.3 is 0 Å². The number of nitrogens with one attached hydrogen (secondary N) is 1. The highest BCUT2D eigenvalue weighted by Crippen LogP contribution is 2.23. The number of hydrogen-bond donors (Lipinski definition) is 1. The largest absolute Gasteiger partial charge is 0.461 e. The van der Waals surface area contributed by atoms with Crippen molar-refractivity contribution in [2.45, 2.75) is 19.5 Å². The van der Waals surface area contributed by atoms with Crippen molar-refractivity contribution in [3.8, 4) is 22.9 Å². The zero-order valence-electron chi connectivity index (χ0n) is 14.8. The molecule has 5 heterocycles. The molecule has 9 heteroatoms. The molecule has 0 saturated heterocycles. The van der Waals surface area contributed by atoms with Crippen LogP contribution in [0.25, 0.3) is 22.9 Å². The van der Waals surface area contributed by atoms with Gasteiger partial charge in [0.15, 0.2) is 5.76 Å². The minimum absolute atomic E-state index is 0.134. The number of aromatic amines is 1. The molecule has 1 aliphatic heterocycles. The van der Waals surface area contributed by atoms with Gasteiger partial charge in [-0.2, -0.15) is 0 Å². The van der Waals surface area contributed by atoms with Gasteiger partial charge in [0.25, 0.3) is 5.56 Å². The summed E-state index contributed by atoms with van der Waals surface area (Å²) < 4.78 is 10.7. The highest BCUT2D eigenvalue weighted by Gasteiger charge is 2.23. The van der Waals surface area contributed by atoms with E-state index >= 15 is 0 Å². The van der Waals surface area contributed by atoms with Crippen molar-refractivity contribution in [1.82, 2.24) is 30.0 Å². The summed E-state index contributed by atoms with van der Waals surface area (Å²) in [5.41, 5.74) is 2.84. The maximum atomic E-state index is 12.6. The molecule has 9 nitrogen and oxygen atoms in total. The van der Waals surface area contributed by atoms with Crippen molar-refractivity contribution in [1.29, 1.82) is 0 Å². The standard InChI is InChI=1S/C19H16N6O3/c26-19-14-10-25(9-13-6-17(28-24-13)16-2-1-5-27-16)4-3-15(14)22-18(23-19)12-7-20-11-21-8-12/h1-2,5-8,11H,3-4,9-10H2,(H,22,23,26). The molecule has 0 fully saturated rings. The Morgan fingerprint density at radius 2 is 2.11 bits per heavy atom. The molecule has 1 aliphatic rings. The quantitative estimate of drug-likeness (QED) is 0.575. The first-order valence-corrected chi connectivity index (χ1v) is 8.85. The highest BCUT2D eigenvalue weighted by atomic mass is 16.5. The lowest BCUT2D eigenvalue weighted by Gasteiger charge is -2.26. The number of fused-ring (bicyclic) bond motifs is 1. The molecule has 0 radical (unpaired) electrons. The monoisotopic (exact) mass is 376 g/mol. The molecule has 5 rings (SSSR count). The summed E-state index contributed by atoms with van der Waals surface area (Å²) in [6.45, 7) is 1.86. The lowest BCUT2D eigenvalue weighted by molar-refractivity contribution is 0.234. The summed E-state index contributed by atoms with van der Waals surface area (Å²) in [6.07, 6.45) is 6.98. The average Bonchev–Trinajstić information content (AvgIpc) is 3.41. The number of hydrogen-bond acceptors (Lipinski definition) is 8. The van der Waals surface area contributed by atoms with Crippen molar-refractivity contribution >= 4 is 0 Å². The highest BCUT2D eigenvalue weighted by molar-refractivity contribution is 5.52. The van der Waals surface area contributed by atoms with Crippen LogP contribution in [0.4, 0.5) is 0 Å². The molecule has 0 unspecified atom stereocenters. The molecule has 4 aromatic heterocycles. The molecule has 140 valence electrons. The van der Waals surface area contributed by atoms with Crippen molar-refractivity contribution in [2.24, 2.45) is 0 Å². The third kappa shape index (κ3) is 3.12. The molecule has 1 N–H and O–H groups in total. The normalized spacial score (nSPS) is 14.1. The van der Waals surface area contributed by atoms with Crippen LogP contribution >= 0.6 is 0 Å². The van der Waals surface area contributed by atoms with Crippen LogP contribution in [0.2, 0.25) is 0 Å². The summed E-state index contributed by atoms with van der Waals surface area (Å²) in [7, 11) is 0. The first-order valence-electron chi connectivity index (χ1n) is 8.85. The van der Waals surface area contributed by atoms with Crippen LogP contribution in [0.1, 0.15) is 17.0 Å². The first kappa shape index (κ1) is 16.6. The molecule has 0 aliphatic carbocycles. The predicted molar refractivity (Wildman–Crippen MR) is 97.9 cm³/mol. The summed E-state index contributed by atoms with van der Waals surface area (Å²) >= 11 is 0. The van der Waals surface area contributed by atoms with Crippen LogP contribution in [0, 0.1) is 0 Å². The van der Waals surface area contributed by atoms with Gasteiger partial charge in [-0.3, -0.25) is 9.69 Å². The van der Waals surface area contributed by atoms with Crippen LogP contribution < -0.4 is 5.56 Å². The lowest BCUT2D eigenvalue weighted by Crippen LogP contribution is -2.35. The van der Waals surface area contributed by atoms with E-state index in [1.54, 1.807) is 24.7 Å². The van der Waals surface area contributed by atoms with Crippen LogP contribution in [-0.4, -0.2) is 36.5 Å². The smallest absolute Gasteiger partial charge is 0.255 e. The van der Waals surface area contributed by atoms with Gasteiger partial charge in [0.2, 0.25) is 5.76 Å². The molecule has 0 amide bonds. The molecular weight excluding hydrogens is 360 g/mol. The topological polar surface area (TPSA) is 114 Å². The lowest BCUT2D eigenvalue weighted by atomic mass is 10.1. The van der Waals surface area contributed by atoms with Crippen molar-refractivity contribution in [3.63, 3.8) is 0 Å². The second-order valence-corrected chi connectivity index (χ2v) is 6.59. The van der Waals surface area contributed by atoms with Gasteiger partial charge in [0.05, 0.1) is 28.8 Å². The summed E-state index contributed by atoms with van der Waals surface area (Å²) in [5.74, 6) is 1.73. The fraction of sp³-hybridized carbons (Fsp3) is 0.211. The van der Waals surface area contributed by atoms with Crippen LogP contribution in [0.3, 0.4) is 0 Å². The molecular formula is C19H16N6O3. The molecule has 0 saturated carbocycles. The van der Waals surface area contributed by atoms with E-state index in [4.69, 9.17) is 8.94 Å². The molecule has 0 aromatic carbocycles. The fourth-order valence-electron chi connectivity index (χ4n) is 3.32. The third-order valence-electron chi connectivity index (χ3n) is 4.69. The zero-order chi connectivity index (χ0) is 18.9. The second-order valence-electron chi connectivity index (χ2n) is 6.59. The minimum Gasteiger partial charge on any atom is -0.461 e. The van der Waals surface area contributed by atoms with Crippen molar-refractivity contribution in [3.05, 3.63) is 70.5 Å². The summed E-state index contributed by atoms with van der Waals surface area (Å²) in [4.78, 5) is 30.2. The van der Waals surface area contributed by atoms with E-state index in [1.807, 2.05) is 12.1 Å². The van der Waals surface area contributed by atoms with Crippen molar-refractivity contribution in [2.75, 3.05) is 6.54 Å². The second kappa shape index (κ2) is 6.86.